The van der Waals surface area contributed by atoms with Crippen molar-refractivity contribution in [3.8, 4) is 11.3 Å². The Hall–Kier alpha value is -3.13. The van der Waals surface area contributed by atoms with Gasteiger partial charge in [-0.15, -0.1) is 11.3 Å². The number of hydrogen-bond donors (Lipinski definition) is 0. The first-order valence-corrected chi connectivity index (χ1v) is 10.8. The maximum atomic E-state index is 13.4. The molecule has 2 heterocycles. The second-order valence-electron chi connectivity index (χ2n) is 7.43. The molecule has 1 fully saturated rings. The van der Waals surface area contributed by atoms with Crippen molar-refractivity contribution < 1.29 is 18.4 Å². The zero-order chi connectivity index (χ0) is 22.0. The highest BCUT2D eigenvalue weighted by Crippen LogP contribution is 2.22. The van der Waals surface area contributed by atoms with Crippen LogP contribution in [-0.4, -0.2) is 52.8 Å². The van der Waals surface area contributed by atoms with Gasteiger partial charge in [-0.3, -0.25) is 9.59 Å². The number of hydrogen-bond acceptors (Lipinski definition) is 4. The van der Waals surface area contributed by atoms with Crippen LogP contribution in [-0.2, 0) is 11.2 Å². The predicted octanol–water partition coefficient (Wildman–Crippen LogP) is 3.92. The molecule has 0 unspecified atom stereocenters. The fourth-order valence-electron chi connectivity index (χ4n) is 3.55. The molecule has 0 aliphatic carbocycles. The van der Waals surface area contributed by atoms with Gasteiger partial charge in [0, 0.05) is 42.7 Å². The van der Waals surface area contributed by atoms with Crippen LogP contribution in [0, 0.1) is 18.6 Å². The van der Waals surface area contributed by atoms with Crippen molar-refractivity contribution in [3.05, 3.63) is 75.6 Å². The SMILES string of the molecule is Cc1nc(-c2ccc(CC(=O)N3CCN(C(=O)c4ccc(F)c(F)c4)CC3)cc2)cs1. The molecule has 1 aliphatic rings. The van der Waals surface area contributed by atoms with E-state index >= 15 is 0 Å². The molecule has 2 aromatic carbocycles. The summed E-state index contributed by atoms with van der Waals surface area (Å²) in [5, 5.41) is 3.02. The predicted molar refractivity (Wildman–Crippen MR) is 115 cm³/mol. The number of carbonyl (C=O) groups is 2. The summed E-state index contributed by atoms with van der Waals surface area (Å²) in [5.74, 6) is -2.40. The lowest BCUT2D eigenvalue weighted by molar-refractivity contribution is -0.131. The summed E-state index contributed by atoms with van der Waals surface area (Å²) < 4.78 is 26.5. The molecule has 0 atom stereocenters. The van der Waals surface area contributed by atoms with Crippen LogP contribution in [0.2, 0.25) is 0 Å². The monoisotopic (exact) mass is 441 g/mol. The van der Waals surface area contributed by atoms with Crippen LogP contribution in [0.5, 0.6) is 0 Å². The van der Waals surface area contributed by atoms with E-state index in [-0.39, 0.29) is 23.8 Å². The Balaban J connectivity index is 1.32. The molecule has 0 bridgehead atoms. The van der Waals surface area contributed by atoms with Crippen LogP contribution in [0.4, 0.5) is 8.78 Å². The number of piperazine rings is 1. The van der Waals surface area contributed by atoms with Crippen molar-refractivity contribution >= 4 is 23.2 Å². The van der Waals surface area contributed by atoms with Gasteiger partial charge in [0.05, 0.1) is 17.1 Å². The molecule has 31 heavy (non-hydrogen) atoms. The molecule has 3 aromatic rings. The van der Waals surface area contributed by atoms with E-state index in [1.807, 2.05) is 36.6 Å². The molecule has 2 amide bonds. The summed E-state index contributed by atoms with van der Waals surface area (Å²) in [6.07, 6.45) is 0.285. The summed E-state index contributed by atoms with van der Waals surface area (Å²) in [5.41, 5.74) is 2.97. The highest BCUT2D eigenvalue weighted by molar-refractivity contribution is 7.09. The van der Waals surface area contributed by atoms with Crippen LogP contribution in [0.1, 0.15) is 20.9 Å². The van der Waals surface area contributed by atoms with Gasteiger partial charge in [-0.25, -0.2) is 13.8 Å². The van der Waals surface area contributed by atoms with Crippen LogP contribution in [0.15, 0.2) is 47.8 Å². The zero-order valence-electron chi connectivity index (χ0n) is 17.0. The Morgan fingerprint density at radius 1 is 0.968 bits per heavy atom. The number of carbonyl (C=O) groups excluding carboxylic acids is 2. The molecule has 8 heteroatoms. The highest BCUT2D eigenvalue weighted by atomic mass is 32.1. The minimum Gasteiger partial charge on any atom is -0.339 e. The largest absolute Gasteiger partial charge is 0.339 e. The minimum atomic E-state index is -1.05. The third kappa shape index (κ3) is 4.80. The van der Waals surface area contributed by atoms with E-state index in [0.29, 0.717) is 26.2 Å². The summed E-state index contributed by atoms with van der Waals surface area (Å²) >= 11 is 1.60. The summed E-state index contributed by atoms with van der Waals surface area (Å²) in [6, 6.07) is 10.9. The molecule has 1 aromatic heterocycles. The first-order valence-electron chi connectivity index (χ1n) is 9.94. The summed E-state index contributed by atoms with van der Waals surface area (Å²) in [7, 11) is 0. The quantitative estimate of drug-likeness (QED) is 0.617. The molecular weight excluding hydrogens is 420 g/mol. The number of benzene rings is 2. The van der Waals surface area contributed by atoms with Crippen molar-refractivity contribution in [1.82, 2.24) is 14.8 Å². The third-order valence-corrected chi connectivity index (χ3v) is 6.08. The fourth-order valence-corrected chi connectivity index (χ4v) is 4.17. The lowest BCUT2D eigenvalue weighted by Gasteiger charge is -2.35. The van der Waals surface area contributed by atoms with E-state index < -0.39 is 11.6 Å². The molecule has 1 aliphatic heterocycles. The summed E-state index contributed by atoms with van der Waals surface area (Å²) in [4.78, 5) is 32.9. The molecule has 5 nitrogen and oxygen atoms in total. The molecule has 160 valence electrons. The average molecular weight is 442 g/mol. The number of halogens is 2. The van der Waals surface area contributed by atoms with E-state index in [1.54, 1.807) is 21.1 Å². The molecule has 0 radical (unpaired) electrons. The van der Waals surface area contributed by atoms with Gasteiger partial charge in [-0.1, -0.05) is 24.3 Å². The highest BCUT2D eigenvalue weighted by Gasteiger charge is 2.25. The van der Waals surface area contributed by atoms with E-state index in [0.717, 1.165) is 34.0 Å². The summed E-state index contributed by atoms with van der Waals surface area (Å²) in [6.45, 7) is 3.48. The molecular formula is C23H21F2N3O2S. The van der Waals surface area contributed by atoms with Crippen molar-refractivity contribution in [2.45, 2.75) is 13.3 Å². The maximum Gasteiger partial charge on any atom is 0.254 e. The van der Waals surface area contributed by atoms with Crippen LogP contribution >= 0.6 is 11.3 Å². The number of amides is 2. The molecule has 0 spiro atoms. The number of nitrogens with zero attached hydrogens (tertiary/aromatic N) is 3. The lowest BCUT2D eigenvalue weighted by atomic mass is 10.1. The van der Waals surface area contributed by atoms with Crippen LogP contribution < -0.4 is 0 Å². The second-order valence-corrected chi connectivity index (χ2v) is 8.49. The van der Waals surface area contributed by atoms with Crippen molar-refractivity contribution in [1.29, 1.82) is 0 Å². The van der Waals surface area contributed by atoms with Gasteiger partial charge in [0.2, 0.25) is 5.91 Å². The van der Waals surface area contributed by atoms with Gasteiger partial charge < -0.3 is 9.80 Å². The molecule has 0 N–H and O–H groups in total. The van der Waals surface area contributed by atoms with Gasteiger partial charge in [-0.2, -0.15) is 0 Å². The first kappa shape index (κ1) is 21.1. The Morgan fingerprint density at radius 3 is 2.26 bits per heavy atom. The van der Waals surface area contributed by atoms with E-state index in [1.165, 1.54) is 6.07 Å². The van der Waals surface area contributed by atoms with Crippen molar-refractivity contribution in [3.63, 3.8) is 0 Å². The van der Waals surface area contributed by atoms with Gasteiger partial charge in [0.15, 0.2) is 11.6 Å². The maximum absolute atomic E-state index is 13.4. The number of thiazole rings is 1. The Bertz CT molecular complexity index is 1110. The second kappa shape index (κ2) is 8.93. The van der Waals surface area contributed by atoms with Gasteiger partial charge in [-0.05, 0) is 30.7 Å². The first-order chi connectivity index (χ1) is 14.9. The fraction of sp³-hybridized carbons (Fsp3) is 0.261. The standard InChI is InChI=1S/C23H21F2N3O2S/c1-15-26-21(14-31-15)17-4-2-16(3-5-17)12-22(29)27-8-10-28(11-9-27)23(30)18-6-7-19(24)20(25)13-18/h2-7,13-14H,8-12H2,1H3. The normalized spacial score (nSPS) is 14.0. The van der Waals surface area contributed by atoms with Crippen LogP contribution in [0.25, 0.3) is 11.3 Å². The Labute approximate surface area is 182 Å². The Morgan fingerprint density at radius 2 is 1.65 bits per heavy atom. The smallest absolute Gasteiger partial charge is 0.254 e. The molecule has 0 saturated carbocycles. The topological polar surface area (TPSA) is 53.5 Å². The Kier molecular flexibility index (Phi) is 6.08. The lowest BCUT2D eigenvalue weighted by Crippen LogP contribution is -2.51. The van der Waals surface area contributed by atoms with Crippen molar-refractivity contribution in [2.24, 2.45) is 0 Å². The molecule has 1 saturated heterocycles. The van der Waals surface area contributed by atoms with Crippen molar-refractivity contribution in [2.75, 3.05) is 26.2 Å². The third-order valence-electron chi connectivity index (χ3n) is 5.31. The zero-order valence-corrected chi connectivity index (χ0v) is 17.8. The van der Waals surface area contributed by atoms with Gasteiger partial charge in [0.25, 0.3) is 5.91 Å². The number of aryl methyl sites for hydroxylation is 1. The average Bonchev–Trinajstić information content (AvgIpc) is 3.22. The van der Waals surface area contributed by atoms with E-state index in [2.05, 4.69) is 4.98 Å². The number of aromatic nitrogens is 1. The van der Waals surface area contributed by atoms with Crippen LogP contribution in [0.3, 0.4) is 0 Å². The minimum absolute atomic E-state index is 0.00261. The molecule has 4 rings (SSSR count). The number of rotatable bonds is 4. The van der Waals surface area contributed by atoms with Gasteiger partial charge >= 0.3 is 0 Å². The van der Waals surface area contributed by atoms with Gasteiger partial charge in [0.1, 0.15) is 0 Å². The van der Waals surface area contributed by atoms with E-state index in [4.69, 9.17) is 0 Å². The van der Waals surface area contributed by atoms with E-state index in [9.17, 15) is 18.4 Å².